The molecule has 150 valence electrons. The van der Waals surface area contributed by atoms with E-state index in [2.05, 4.69) is 20.4 Å². The molecule has 30 heavy (non-hydrogen) atoms. The lowest BCUT2D eigenvalue weighted by molar-refractivity contribution is 0.00738. The molecule has 10 heteroatoms. The quantitative estimate of drug-likeness (QED) is 0.347. The van der Waals surface area contributed by atoms with Crippen LogP contribution in [-0.4, -0.2) is 41.5 Å². The van der Waals surface area contributed by atoms with E-state index in [1.54, 1.807) is 61.5 Å². The maximum Gasteiger partial charge on any atom is 0.363 e. The number of carbonyl (C=O) groups excluding carboxylic acids is 2. The fourth-order valence-corrected chi connectivity index (χ4v) is 2.94. The Morgan fingerprint density at radius 1 is 1.07 bits per heavy atom. The normalized spacial score (nSPS) is 11.8. The summed E-state index contributed by atoms with van der Waals surface area (Å²) in [5.74, 6) is -1.25. The van der Waals surface area contributed by atoms with Gasteiger partial charge in [0.2, 0.25) is 5.78 Å². The zero-order valence-electron chi connectivity index (χ0n) is 15.7. The number of esters is 1. The van der Waals surface area contributed by atoms with Gasteiger partial charge in [0.15, 0.2) is 5.69 Å². The van der Waals surface area contributed by atoms with Crippen LogP contribution in [0.15, 0.2) is 67.3 Å². The summed E-state index contributed by atoms with van der Waals surface area (Å²) in [5, 5.41) is 12.5. The van der Waals surface area contributed by atoms with Crippen LogP contribution >= 0.6 is 11.6 Å². The Morgan fingerprint density at radius 2 is 1.80 bits per heavy atom. The van der Waals surface area contributed by atoms with Crippen molar-refractivity contribution < 1.29 is 14.3 Å². The molecule has 0 aliphatic carbocycles. The molecular weight excluding hydrogens is 408 g/mol. The summed E-state index contributed by atoms with van der Waals surface area (Å²) in [4.78, 5) is 29.6. The maximum atomic E-state index is 12.9. The van der Waals surface area contributed by atoms with E-state index in [4.69, 9.17) is 16.3 Å². The number of ether oxygens (including phenoxy) is 1. The van der Waals surface area contributed by atoms with Gasteiger partial charge in [-0.05, 0) is 31.2 Å². The zero-order chi connectivity index (χ0) is 21.1. The summed E-state index contributed by atoms with van der Waals surface area (Å²) < 4.78 is 8.14. The van der Waals surface area contributed by atoms with E-state index in [1.165, 1.54) is 22.0 Å². The van der Waals surface area contributed by atoms with E-state index < -0.39 is 18.0 Å². The smallest absolute Gasteiger partial charge is 0.363 e. The zero-order valence-corrected chi connectivity index (χ0v) is 16.5. The van der Waals surface area contributed by atoms with Crippen LogP contribution in [0.4, 0.5) is 0 Å². The van der Waals surface area contributed by atoms with Crippen molar-refractivity contribution in [3.63, 3.8) is 0 Å². The second-order valence-corrected chi connectivity index (χ2v) is 6.71. The van der Waals surface area contributed by atoms with Crippen molar-refractivity contribution in [2.24, 2.45) is 0 Å². The molecule has 9 nitrogen and oxygen atoms in total. The summed E-state index contributed by atoms with van der Waals surface area (Å²) in [7, 11) is 0. The number of rotatable bonds is 6. The molecule has 0 aliphatic rings. The van der Waals surface area contributed by atoms with E-state index in [-0.39, 0.29) is 5.69 Å². The van der Waals surface area contributed by atoms with E-state index >= 15 is 0 Å². The molecule has 1 atom stereocenters. The third-order valence-electron chi connectivity index (χ3n) is 4.34. The van der Waals surface area contributed by atoms with Crippen LogP contribution in [0.25, 0.3) is 5.69 Å². The summed E-state index contributed by atoms with van der Waals surface area (Å²) >= 11 is 5.92. The molecule has 0 unspecified atom stereocenters. The van der Waals surface area contributed by atoms with Crippen molar-refractivity contribution in [3.05, 3.63) is 89.2 Å². The highest BCUT2D eigenvalue weighted by molar-refractivity contribution is 6.30. The molecule has 0 saturated carbocycles. The van der Waals surface area contributed by atoms with E-state index in [1.807, 2.05) is 0 Å². The van der Waals surface area contributed by atoms with Gasteiger partial charge in [0.05, 0.1) is 11.4 Å². The molecule has 0 saturated heterocycles. The van der Waals surface area contributed by atoms with E-state index in [0.717, 1.165) is 0 Å². The monoisotopic (exact) mass is 422 g/mol. The number of aromatic nitrogens is 6. The molecular formula is C20H15ClN6O3. The number of halogens is 1. The molecule has 2 aromatic heterocycles. The highest BCUT2D eigenvalue weighted by atomic mass is 35.5. The predicted molar refractivity (Wildman–Crippen MR) is 106 cm³/mol. The highest BCUT2D eigenvalue weighted by Gasteiger charge is 2.29. The number of nitrogens with zero attached hydrogens (tertiary/aromatic N) is 6. The van der Waals surface area contributed by atoms with Crippen LogP contribution in [0.2, 0.25) is 5.02 Å². The van der Waals surface area contributed by atoms with Gasteiger partial charge in [-0.15, -0.1) is 5.10 Å². The van der Waals surface area contributed by atoms with Crippen molar-refractivity contribution in [1.82, 2.24) is 29.8 Å². The first-order valence-corrected chi connectivity index (χ1v) is 9.25. The minimum Gasteiger partial charge on any atom is -0.427 e. The molecule has 0 N–H and O–H groups in total. The fraction of sp³-hybridized carbons (Fsp3) is 0.100. The largest absolute Gasteiger partial charge is 0.427 e. The Kier molecular flexibility index (Phi) is 5.36. The third kappa shape index (κ3) is 3.83. The highest BCUT2D eigenvalue weighted by Crippen LogP contribution is 2.20. The van der Waals surface area contributed by atoms with Gasteiger partial charge < -0.3 is 4.74 Å². The molecule has 0 spiro atoms. The van der Waals surface area contributed by atoms with Crippen LogP contribution in [0.1, 0.15) is 32.8 Å². The number of hydrogen-bond acceptors (Lipinski definition) is 7. The first kappa shape index (κ1) is 19.5. The maximum absolute atomic E-state index is 12.9. The SMILES string of the molecule is Cc1c(C(=O)O[C@@H](C(=O)c2ccccc2)n2cncn2)nnn1-c1ccc(Cl)cc1. The first-order valence-electron chi connectivity index (χ1n) is 8.87. The third-order valence-corrected chi connectivity index (χ3v) is 4.59. The fourth-order valence-electron chi connectivity index (χ4n) is 2.81. The molecule has 0 amide bonds. The van der Waals surface area contributed by atoms with Gasteiger partial charge in [0.1, 0.15) is 12.7 Å². The van der Waals surface area contributed by atoms with Crippen LogP contribution in [0.3, 0.4) is 0 Å². The summed E-state index contributed by atoms with van der Waals surface area (Å²) in [6.45, 7) is 1.68. The van der Waals surface area contributed by atoms with Crippen LogP contribution in [0, 0.1) is 6.92 Å². The predicted octanol–water partition coefficient (Wildman–Crippen LogP) is 3.06. The van der Waals surface area contributed by atoms with Gasteiger partial charge in [0.25, 0.3) is 6.23 Å². The Morgan fingerprint density at radius 3 is 2.47 bits per heavy atom. The van der Waals surface area contributed by atoms with Crippen molar-refractivity contribution in [3.8, 4) is 5.69 Å². The summed E-state index contributed by atoms with van der Waals surface area (Å²) in [5.41, 5.74) is 1.48. The summed E-state index contributed by atoms with van der Waals surface area (Å²) in [6, 6.07) is 15.4. The topological polar surface area (TPSA) is 105 Å². The Hall–Kier alpha value is -3.85. The number of ketones is 1. The van der Waals surface area contributed by atoms with Crippen molar-refractivity contribution in [2.75, 3.05) is 0 Å². The Labute approximate surface area is 175 Å². The lowest BCUT2D eigenvalue weighted by atomic mass is 10.1. The van der Waals surface area contributed by atoms with Crippen LogP contribution < -0.4 is 0 Å². The van der Waals surface area contributed by atoms with Gasteiger partial charge in [-0.3, -0.25) is 4.79 Å². The van der Waals surface area contributed by atoms with Crippen molar-refractivity contribution in [1.29, 1.82) is 0 Å². The number of Topliss-reactive ketones (excluding diaryl/α,β-unsaturated/α-hetero) is 1. The molecule has 4 rings (SSSR count). The Balaban J connectivity index is 1.62. The molecule has 4 aromatic rings. The molecule has 2 heterocycles. The van der Waals surface area contributed by atoms with Gasteiger partial charge in [-0.1, -0.05) is 47.1 Å². The van der Waals surface area contributed by atoms with E-state index in [9.17, 15) is 9.59 Å². The van der Waals surface area contributed by atoms with Crippen molar-refractivity contribution >= 4 is 23.4 Å². The lowest BCUT2D eigenvalue weighted by Gasteiger charge is -2.16. The Bertz CT molecular complexity index is 1170. The molecule has 0 radical (unpaired) electrons. The first-order chi connectivity index (χ1) is 14.5. The van der Waals surface area contributed by atoms with Crippen molar-refractivity contribution in [2.45, 2.75) is 13.2 Å². The molecule has 0 aliphatic heterocycles. The number of benzene rings is 2. The second-order valence-electron chi connectivity index (χ2n) is 6.28. The number of carbonyl (C=O) groups is 2. The second kappa shape index (κ2) is 8.26. The van der Waals surface area contributed by atoms with Gasteiger partial charge in [0, 0.05) is 10.6 Å². The lowest BCUT2D eigenvalue weighted by Crippen LogP contribution is -2.26. The van der Waals surface area contributed by atoms with E-state index in [0.29, 0.717) is 22.0 Å². The summed E-state index contributed by atoms with van der Waals surface area (Å²) in [6.07, 6.45) is 1.22. The average Bonchev–Trinajstić information content (AvgIpc) is 3.43. The average molecular weight is 423 g/mol. The minimum absolute atomic E-state index is 0.0177. The van der Waals surface area contributed by atoms with Crippen LogP contribution in [0.5, 0.6) is 0 Å². The minimum atomic E-state index is -1.33. The van der Waals surface area contributed by atoms with Crippen LogP contribution in [-0.2, 0) is 4.74 Å². The van der Waals surface area contributed by atoms with Gasteiger partial charge >= 0.3 is 5.97 Å². The number of hydrogen-bond donors (Lipinski definition) is 0. The van der Waals surface area contributed by atoms with Gasteiger partial charge in [-0.25, -0.2) is 19.1 Å². The molecule has 0 bridgehead atoms. The standard InChI is InChI=1S/C20H15ClN6O3/c1-13-17(24-25-27(13)16-9-7-15(21)8-10-16)20(29)30-19(26-12-22-11-23-26)18(28)14-5-3-2-4-6-14/h2-12,19H,1H3/t19-/m0/s1. The molecule has 0 fully saturated rings. The molecule has 2 aromatic carbocycles. The van der Waals surface area contributed by atoms with Gasteiger partial charge in [-0.2, -0.15) is 5.10 Å².